The summed E-state index contributed by atoms with van der Waals surface area (Å²) in [5.41, 5.74) is 6.82. The van der Waals surface area contributed by atoms with E-state index in [9.17, 15) is 0 Å². The Morgan fingerprint density at radius 1 is 1.39 bits per heavy atom. The van der Waals surface area contributed by atoms with Crippen LogP contribution in [0.3, 0.4) is 0 Å². The normalized spacial score (nSPS) is 17.1. The van der Waals surface area contributed by atoms with Crippen molar-refractivity contribution < 1.29 is 0 Å². The molecule has 4 heteroatoms. The molecule has 1 aliphatic carbocycles. The Balaban J connectivity index is 2.22. The molecule has 102 valence electrons. The molecule has 0 spiro atoms. The maximum atomic E-state index is 5.70. The van der Waals surface area contributed by atoms with Crippen molar-refractivity contribution in [3.63, 3.8) is 0 Å². The van der Waals surface area contributed by atoms with Gasteiger partial charge in [-0.1, -0.05) is 19.3 Å². The molecule has 0 unspecified atom stereocenters. The van der Waals surface area contributed by atoms with Gasteiger partial charge in [-0.15, -0.1) is 0 Å². The van der Waals surface area contributed by atoms with Gasteiger partial charge in [-0.3, -0.25) is 0 Å². The van der Waals surface area contributed by atoms with Crippen LogP contribution in [-0.4, -0.2) is 29.2 Å². The summed E-state index contributed by atoms with van der Waals surface area (Å²) in [5, 5.41) is 0. The molecule has 0 atom stereocenters. The number of hydrogen-bond donors (Lipinski definition) is 1. The average molecular weight is 250 g/mol. The first kappa shape index (κ1) is 13.4. The van der Waals surface area contributed by atoms with Crippen molar-refractivity contribution in [1.29, 1.82) is 0 Å². The summed E-state index contributed by atoms with van der Waals surface area (Å²) in [6.45, 7) is 6.80. The zero-order valence-electron chi connectivity index (χ0n) is 11.7. The van der Waals surface area contributed by atoms with Crippen molar-refractivity contribution in [3.05, 3.63) is 11.9 Å². The Morgan fingerprint density at radius 3 is 2.72 bits per heavy atom. The lowest BCUT2D eigenvalue weighted by Crippen LogP contribution is -2.32. The minimum absolute atomic E-state index is 0.641. The molecule has 2 N–H and O–H groups in total. The molecule has 1 aliphatic rings. The first-order chi connectivity index (χ1) is 8.76. The highest BCUT2D eigenvalue weighted by molar-refractivity contribution is 5.34. The topological polar surface area (TPSA) is 47.1 Å². The molecule has 0 saturated heterocycles. The molecule has 4 nitrogen and oxygen atoms in total. The standard InChI is InChI=1S/C14H26N4/c1-3-17(10-9-15)14-16-12(2)11-18(14)13-7-5-4-6-8-13/h11,13H,3-10,15H2,1-2H3. The van der Waals surface area contributed by atoms with E-state index in [1.54, 1.807) is 0 Å². The highest BCUT2D eigenvalue weighted by Crippen LogP contribution is 2.31. The van der Waals surface area contributed by atoms with Crippen LogP contribution in [0.4, 0.5) is 5.95 Å². The summed E-state index contributed by atoms with van der Waals surface area (Å²) in [6, 6.07) is 0.641. The molecule has 1 heterocycles. The van der Waals surface area contributed by atoms with Gasteiger partial charge < -0.3 is 15.2 Å². The van der Waals surface area contributed by atoms with Crippen LogP contribution in [0.1, 0.15) is 50.8 Å². The maximum Gasteiger partial charge on any atom is 0.206 e. The number of likely N-dealkylation sites (N-methyl/N-ethyl adjacent to an activating group) is 1. The lowest BCUT2D eigenvalue weighted by Gasteiger charge is -2.29. The SMILES string of the molecule is CCN(CCN)c1nc(C)cn1C1CCCCC1. The Hall–Kier alpha value is -1.03. The van der Waals surface area contributed by atoms with Gasteiger partial charge >= 0.3 is 0 Å². The molecule has 0 amide bonds. The second-order valence-electron chi connectivity index (χ2n) is 5.25. The van der Waals surface area contributed by atoms with Crippen molar-refractivity contribution in [3.8, 4) is 0 Å². The van der Waals surface area contributed by atoms with Crippen LogP contribution in [0.15, 0.2) is 6.20 Å². The first-order valence-corrected chi connectivity index (χ1v) is 7.26. The molecule has 0 radical (unpaired) electrons. The van der Waals surface area contributed by atoms with E-state index < -0.39 is 0 Å². The molecule has 18 heavy (non-hydrogen) atoms. The van der Waals surface area contributed by atoms with Gasteiger partial charge in [-0.05, 0) is 26.7 Å². The maximum absolute atomic E-state index is 5.70. The van der Waals surface area contributed by atoms with Crippen LogP contribution >= 0.6 is 0 Å². The number of imidazole rings is 1. The fourth-order valence-electron chi connectivity index (χ4n) is 2.92. The van der Waals surface area contributed by atoms with Crippen LogP contribution in [0.2, 0.25) is 0 Å². The fourth-order valence-corrected chi connectivity index (χ4v) is 2.92. The summed E-state index contributed by atoms with van der Waals surface area (Å²) in [4.78, 5) is 7.00. The number of aryl methyl sites for hydroxylation is 1. The number of rotatable bonds is 5. The molecular weight excluding hydrogens is 224 g/mol. The Bertz CT molecular complexity index is 344. The molecule has 1 aromatic heterocycles. The molecule has 0 aliphatic heterocycles. The van der Waals surface area contributed by atoms with E-state index in [1.807, 2.05) is 0 Å². The number of hydrogen-bond acceptors (Lipinski definition) is 3. The van der Waals surface area contributed by atoms with E-state index >= 15 is 0 Å². The Kier molecular flexibility index (Phi) is 4.64. The number of nitrogens with zero attached hydrogens (tertiary/aromatic N) is 3. The van der Waals surface area contributed by atoms with Gasteiger partial charge in [-0.2, -0.15) is 0 Å². The third kappa shape index (κ3) is 2.86. The second kappa shape index (κ2) is 6.23. The fraction of sp³-hybridized carbons (Fsp3) is 0.786. The molecule has 0 aromatic carbocycles. The largest absolute Gasteiger partial charge is 0.341 e. The number of anilines is 1. The first-order valence-electron chi connectivity index (χ1n) is 7.26. The molecule has 1 saturated carbocycles. The van der Waals surface area contributed by atoms with E-state index in [-0.39, 0.29) is 0 Å². The summed E-state index contributed by atoms with van der Waals surface area (Å²) < 4.78 is 2.40. The van der Waals surface area contributed by atoms with Gasteiger partial charge in [-0.25, -0.2) is 4.98 Å². The molecule has 1 aromatic rings. The van der Waals surface area contributed by atoms with E-state index in [0.717, 1.165) is 24.7 Å². The van der Waals surface area contributed by atoms with E-state index in [1.165, 1.54) is 32.1 Å². The van der Waals surface area contributed by atoms with Gasteiger partial charge in [0.25, 0.3) is 0 Å². The summed E-state index contributed by atoms with van der Waals surface area (Å²) in [6.07, 6.45) is 8.89. The number of nitrogens with two attached hydrogens (primary N) is 1. The minimum Gasteiger partial charge on any atom is -0.341 e. The molecular formula is C14H26N4. The van der Waals surface area contributed by atoms with E-state index in [0.29, 0.717) is 12.6 Å². The van der Waals surface area contributed by atoms with Crippen molar-refractivity contribution in [2.75, 3.05) is 24.5 Å². The highest BCUT2D eigenvalue weighted by atomic mass is 15.3. The highest BCUT2D eigenvalue weighted by Gasteiger charge is 2.21. The summed E-state index contributed by atoms with van der Waals surface area (Å²) in [7, 11) is 0. The smallest absolute Gasteiger partial charge is 0.206 e. The van der Waals surface area contributed by atoms with Crippen molar-refractivity contribution in [2.45, 2.75) is 52.0 Å². The van der Waals surface area contributed by atoms with E-state index in [2.05, 4.69) is 29.5 Å². The van der Waals surface area contributed by atoms with Gasteiger partial charge in [0.2, 0.25) is 5.95 Å². The third-order valence-corrected chi connectivity index (χ3v) is 3.86. The second-order valence-corrected chi connectivity index (χ2v) is 5.25. The summed E-state index contributed by atoms with van der Waals surface area (Å²) in [5.74, 6) is 1.12. The lowest BCUT2D eigenvalue weighted by molar-refractivity contribution is 0.353. The average Bonchev–Trinajstić information content (AvgIpc) is 2.79. The monoisotopic (exact) mass is 250 g/mol. The molecule has 0 bridgehead atoms. The minimum atomic E-state index is 0.641. The zero-order valence-corrected chi connectivity index (χ0v) is 11.7. The molecule has 1 fully saturated rings. The van der Waals surface area contributed by atoms with Gasteiger partial charge in [0.1, 0.15) is 0 Å². The molecule has 2 rings (SSSR count). The van der Waals surface area contributed by atoms with Crippen LogP contribution in [-0.2, 0) is 0 Å². The van der Waals surface area contributed by atoms with Gasteiger partial charge in [0.15, 0.2) is 0 Å². The Labute approximate surface area is 110 Å². The summed E-state index contributed by atoms with van der Waals surface area (Å²) >= 11 is 0. The van der Waals surface area contributed by atoms with Crippen molar-refractivity contribution >= 4 is 5.95 Å². The predicted octanol–water partition coefficient (Wildman–Crippen LogP) is 2.48. The third-order valence-electron chi connectivity index (χ3n) is 3.86. The predicted molar refractivity (Wildman–Crippen MR) is 76.0 cm³/mol. The van der Waals surface area contributed by atoms with Crippen LogP contribution in [0.25, 0.3) is 0 Å². The van der Waals surface area contributed by atoms with Gasteiger partial charge in [0, 0.05) is 31.9 Å². The quantitative estimate of drug-likeness (QED) is 0.873. The van der Waals surface area contributed by atoms with Crippen LogP contribution < -0.4 is 10.6 Å². The number of aromatic nitrogens is 2. The Morgan fingerprint density at radius 2 is 2.11 bits per heavy atom. The van der Waals surface area contributed by atoms with Crippen LogP contribution in [0.5, 0.6) is 0 Å². The lowest BCUT2D eigenvalue weighted by atomic mass is 9.95. The van der Waals surface area contributed by atoms with Crippen molar-refractivity contribution in [2.24, 2.45) is 5.73 Å². The van der Waals surface area contributed by atoms with Gasteiger partial charge in [0.05, 0.1) is 5.69 Å². The zero-order chi connectivity index (χ0) is 13.0. The van der Waals surface area contributed by atoms with Crippen LogP contribution in [0, 0.1) is 6.92 Å². The van der Waals surface area contributed by atoms with Crippen molar-refractivity contribution in [1.82, 2.24) is 9.55 Å². The van der Waals surface area contributed by atoms with E-state index in [4.69, 9.17) is 10.7 Å².